The maximum atomic E-state index is 14.4. The highest BCUT2D eigenvalue weighted by Gasteiger charge is 2.74. The molecule has 0 aromatic heterocycles. The summed E-state index contributed by atoms with van der Waals surface area (Å²) in [7, 11) is 0. The fourth-order valence-electron chi connectivity index (χ4n) is 6.81. The van der Waals surface area contributed by atoms with Gasteiger partial charge in [-0.1, -0.05) is 61.9 Å². The van der Waals surface area contributed by atoms with E-state index in [1.165, 1.54) is 11.8 Å². The molecule has 1 N–H and O–H groups in total. The Morgan fingerprint density at radius 2 is 1.86 bits per heavy atom. The minimum absolute atomic E-state index is 0.00679. The fourth-order valence-corrected chi connectivity index (χ4v) is 8.95. The van der Waals surface area contributed by atoms with Gasteiger partial charge in [0.25, 0.3) is 0 Å². The van der Waals surface area contributed by atoms with Crippen molar-refractivity contribution in [3.63, 3.8) is 0 Å². The number of likely N-dealkylation sites (tertiary alicyclic amines) is 1. The van der Waals surface area contributed by atoms with Crippen molar-refractivity contribution in [2.75, 3.05) is 19.8 Å². The van der Waals surface area contributed by atoms with Crippen molar-refractivity contribution < 1.29 is 24.2 Å². The van der Waals surface area contributed by atoms with E-state index in [0.29, 0.717) is 13.0 Å². The number of ether oxygens (including phenoxy) is 1. The molecule has 4 aliphatic rings. The number of cyclic esters (lactones) is 1. The van der Waals surface area contributed by atoms with Gasteiger partial charge in [0.1, 0.15) is 12.6 Å². The topological polar surface area (TPSA) is 87.2 Å². The summed E-state index contributed by atoms with van der Waals surface area (Å²) in [4.78, 5) is 45.6. The molecule has 37 heavy (non-hydrogen) atoms. The molecule has 2 unspecified atom stereocenters. The van der Waals surface area contributed by atoms with Crippen LogP contribution in [0, 0.1) is 11.8 Å². The number of carbonyl (C=O) groups is 3. The van der Waals surface area contributed by atoms with Gasteiger partial charge >= 0.3 is 5.97 Å². The minimum atomic E-state index is -0.931. The van der Waals surface area contributed by atoms with Gasteiger partial charge in [0.2, 0.25) is 11.8 Å². The average molecular weight is 525 g/mol. The van der Waals surface area contributed by atoms with Crippen molar-refractivity contribution in [2.45, 2.75) is 67.7 Å². The largest absolute Gasteiger partial charge is 0.461 e. The average Bonchev–Trinajstić information content (AvgIpc) is 3.14. The third-order valence-electron chi connectivity index (χ3n) is 8.44. The number of aliphatic hydroxyl groups excluding tert-OH is 1. The zero-order valence-electron chi connectivity index (χ0n) is 21.7. The summed E-state index contributed by atoms with van der Waals surface area (Å²) in [6.45, 7) is 6.47. The maximum absolute atomic E-state index is 14.4. The minimum Gasteiger partial charge on any atom is -0.461 e. The third kappa shape index (κ3) is 4.13. The third-order valence-corrected chi connectivity index (χ3v) is 10.2. The van der Waals surface area contributed by atoms with Crippen LogP contribution in [0.3, 0.4) is 0 Å². The number of rotatable bonds is 7. The van der Waals surface area contributed by atoms with Crippen LogP contribution in [0.15, 0.2) is 54.6 Å². The van der Waals surface area contributed by atoms with Crippen LogP contribution in [0.1, 0.15) is 39.2 Å². The van der Waals surface area contributed by atoms with Crippen LogP contribution in [0.4, 0.5) is 0 Å². The molecule has 7 nitrogen and oxygen atoms in total. The van der Waals surface area contributed by atoms with Gasteiger partial charge in [0.15, 0.2) is 0 Å². The first-order valence-electron chi connectivity index (χ1n) is 13.3. The number of hydrogen-bond donors (Lipinski definition) is 1. The molecule has 0 radical (unpaired) electrons. The molecule has 4 heterocycles. The second-order valence-corrected chi connectivity index (χ2v) is 12.6. The second-order valence-electron chi connectivity index (χ2n) is 10.8. The van der Waals surface area contributed by atoms with Gasteiger partial charge in [-0.2, -0.15) is 0 Å². The molecule has 5 rings (SSSR count). The van der Waals surface area contributed by atoms with Crippen LogP contribution in [-0.4, -0.2) is 80.1 Å². The lowest BCUT2D eigenvalue weighted by Crippen LogP contribution is -2.58. The second kappa shape index (κ2) is 9.95. The first-order chi connectivity index (χ1) is 17.8. The molecule has 2 saturated heterocycles. The van der Waals surface area contributed by atoms with Crippen molar-refractivity contribution in [1.29, 1.82) is 0 Å². The van der Waals surface area contributed by atoms with E-state index in [9.17, 15) is 19.5 Å². The van der Waals surface area contributed by atoms with Gasteiger partial charge in [-0.3, -0.25) is 14.4 Å². The van der Waals surface area contributed by atoms with Crippen molar-refractivity contribution >= 4 is 29.5 Å². The Kier molecular flexibility index (Phi) is 7.00. The molecule has 8 heteroatoms. The van der Waals surface area contributed by atoms with Crippen LogP contribution < -0.4 is 0 Å². The molecule has 0 saturated carbocycles. The summed E-state index contributed by atoms with van der Waals surface area (Å²) in [6.07, 6.45) is 10.0. The van der Waals surface area contributed by atoms with E-state index in [4.69, 9.17) is 4.74 Å². The Labute approximate surface area is 222 Å². The summed E-state index contributed by atoms with van der Waals surface area (Å²) in [5.41, 5.74) is 0.975. The number of aliphatic hydroxyl groups is 1. The van der Waals surface area contributed by atoms with Crippen molar-refractivity contribution in [2.24, 2.45) is 11.8 Å². The van der Waals surface area contributed by atoms with E-state index in [2.05, 4.69) is 6.92 Å². The van der Waals surface area contributed by atoms with E-state index >= 15 is 0 Å². The number of fused-ring (bicyclic) bond motifs is 2. The highest BCUT2D eigenvalue weighted by molar-refractivity contribution is 8.02. The molecule has 0 aliphatic carbocycles. The molecule has 7 atom stereocenters. The van der Waals surface area contributed by atoms with Crippen molar-refractivity contribution in [3.05, 3.63) is 60.2 Å². The van der Waals surface area contributed by atoms with Crippen molar-refractivity contribution in [1.82, 2.24) is 9.80 Å². The van der Waals surface area contributed by atoms with E-state index in [0.717, 1.165) is 18.4 Å². The number of amides is 2. The van der Waals surface area contributed by atoms with Crippen LogP contribution in [0.5, 0.6) is 0 Å². The Bertz CT molecular complexity index is 1120. The number of benzene rings is 1. The number of thioether (sulfide) groups is 1. The number of esters is 1. The summed E-state index contributed by atoms with van der Waals surface area (Å²) in [5, 5.41) is 10.6. The fraction of sp³-hybridized carbons (Fsp3) is 0.552. The summed E-state index contributed by atoms with van der Waals surface area (Å²) in [5.74, 6) is -2.24. The molecule has 4 aliphatic heterocycles. The first kappa shape index (κ1) is 26.0. The molecule has 2 amide bonds. The Morgan fingerprint density at radius 1 is 1.11 bits per heavy atom. The number of nitrogens with zero attached hydrogens (tertiary/aromatic N) is 2. The lowest BCUT2D eigenvalue weighted by molar-refractivity contribution is -0.153. The number of carbonyl (C=O) groups excluding carboxylic acids is 3. The molecule has 1 aromatic carbocycles. The van der Waals surface area contributed by atoms with Crippen LogP contribution >= 0.6 is 11.8 Å². The molecule has 1 spiro atoms. The number of hydrogen-bond acceptors (Lipinski definition) is 6. The van der Waals surface area contributed by atoms with Gasteiger partial charge in [-0.15, -0.1) is 11.8 Å². The Hall–Kier alpha value is -2.58. The quantitative estimate of drug-likeness (QED) is 0.436. The SMILES string of the molecule is CCCC(C)N1CC=C[C@]23S[C@]4(C)C=CCOC(=O)[C@@H]4[C@H]2C(=O)N([C@@H](CO)Cc2ccccc2)C3C1=O. The molecule has 2 fully saturated rings. The lowest BCUT2D eigenvalue weighted by Gasteiger charge is -2.40. The van der Waals surface area contributed by atoms with Crippen LogP contribution in [0.25, 0.3) is 0 Å². The highest BCUT2D eigenvalue weighted by atomic mass is 32.2. The predicted molar refractivity (Wildman–Crippen MR) is 143 cm³/mol. The normalized spacial score (nSPS) is 34.4. The molecule has 198 valence electrons. The van der Waals surface area contributed by atoms with E-state index < -0.39 is 39.4 Å². The summed E-state index contributed by atoms with van der Waals surface area (Å²) in [6, 6.07) is 8.29. The van der Waals surface area contributed by atoms with Gasteiger partial charge in [-0.25, -0.2) is 0 Å². The first-order valence-corrected chi connectivity index (χ1v) is 14.1. The molecular formula is C29H36N2O5S. The monoisotopic (exact) mass is 524 g/mol. The summed E-state index contributed by atoms with van der Waals surface area (Å²) >= 11 is 1.54. The van der Waals surface area contributed by atoms with Gasteiger partial charge in [0, 0.05) is 17.3 Å². The lowest BCUT2D eigenvalue weighted by atomic mass is 9.75. The zero-order valence-corrected chi connectivity index (χ0v) is 22.5. The Balaban J connectivity index is 1.64. The van der Waals surface area contributed by atoms with Crippen LogP contribution in [-0.2, 0) is 25.5 Å². The zero-order chi connectivity index (χ0) is 26.4. The van der Waals surface area contributed by atoms with Gasteiger partial charge in [-0.05, 0) is 38.3 Å². The molecule has 1 aromatic rings. The maximum Gasteiger partial charge on any atom is 0.311 e. The van der Waals surface area contributed by atoms with Gasteiger partial charge < -0.3 is 19.6 Å². The van der Waals surface area contributed by atoms with Crippen molar-refractivity contribution in [3.8, 4) is 0 Å². The highest BCUT2D eigenvalue weighted by Crippen LogP contribution is 2.65. The van der Waals surface area contributed by atoms with E-state index in [-0.39, 0.29) is 31.1 Å². The van der Waals surface area contributed by atoms with E-state index in [1.54, 1.807) is 4.90 Å². The van der Waals surface area contributed by atoms with Crippen LogP contribution in [0.2, 0.25) is 0 Å². The van der Waals surface area contributed by atoms with Gasteiger partial charge in [0.05, 0.1) is 29.2 Å². The Morgan fingerprint density at radius 3 is 2.57 bits per heavy atom. The smallest absolute Gasteiger partial charge is 0.311 e. The van der Waals surface area contributed by atoms with E-state index in [1.807, 2.05) is 73.4 Å². The molecular weight excluding hydrogens is 488 g/mol. The molecule has 0 bridgehead atoms. The standard InChI is InChI=1S/C29H36N2O5S/c1-4-10-19(2)30-15-8-14-29-22(23-27(35)36-16-9-13-28(23,3)37-29)25(33)31(24(29)26(30)34)21(18-32)17-20-11-6-5-7-12-20/h5-9,11-14,19,21-24,32H,4,10,15-18H2,1-3H3/t19?,21-,22+,23+,24?,28-,29+/m1/s1. The summed E-state index contributed by atoms with van der Waals surface area (Å²) < 4.78 is 3.89. The predicted octanol–water partition coefficient (Wildman–Crippen LogP) is 2.98.